The fourth-order valence-corrected chi connectivity index (χ4v) is 4.02. The van der Waals surface area contributed by atoms with Crippen LogP contribution < -0.4 is 10.2 Å². The van der Waals surface area contributed by atoms with Gasteiger partial charge in [-0.15, -0.1) is 0 Å². The van der Waals surface area contributed by atoms with E-state index >= 15 is 0 Å². The minimum atomic E-state index is 0.106. The van der Waals surface area contributed by atoms with Gasteiger partial charge in [-0.25, -0.2) is 9.97 Å². The molecule has 2 N–H and O–H groups in total. The number of amides is 1. The maximum atomic E-state index is 12.5. The summed E-state index contributed by atoms with van der Waals surface area (Å²) >= 11 is 0. The largest absolute Gasteiger partial charge is 0.356 e. The van der Waals surface area contributed by atoms with Crippen LogP contribution in [0.25, 0.3) is 11.0 Å². The fraction of sp³-hybridized carbons (Fsp3) is 0.667. The minimum Gasteiger partial charge on any atom is -0.356 e. The van der Waals surface area contributed by atoms with Crippen molar-refractivity contribution < 1.29 is 4.79 Å². The molecule has 8 heteroatoms. The van der Waals surface area contributed by atoms with Gasteiger partial charge in [0.15, 0.2) is 5.65 Å². The third-order valence-electron chi connectivity index (χ3n) is 5.57. The van der Waals surface area contributed by atoms with Crippen molar-refractivity contribution in [3.63, 3.8) is 0 Å². The SMILES string of the molecule is O=C(NCCN1CCCCC1)C1CCN(c2ncnc3[nH]ncc23)CC1. The van der Waals surface area contributed by atoms with Crippen molar-refractivity contribution in [2.45, 2.75) is 32.1 Å². The predicted octanol–water partition coefficient (Wildman–Crippen LogP) is 1.17. The summed E-state index contributed by atoms with van der Waals surface area (Å²) in [5.41, 5.74) is 0.757. The van der Waals surface area contributed by atoms with E-state index < -0.39 is 0 Å². The molecule has 26 heavy (non-hydrogen) atoms. The Hall–Kier alpha value is -2.22. The summed E-state index contributed by atoms with van der Waals surface area (Å²) in [6, 6.07) is 0. The molecule has 2 aromatic rings. The topological polar surface area (TPSA) is 90.0 Å². The normalized spacial score (nSPS) is 19.8. The third-order valence-corrected chi connectivity index (χ3v) is 5.57. The Morgan fingerprint density at radius 3 is 2.77 bits per heavy atom. The van der Waals surface area contributed by atoms with Crippen molar-refractivity contribution in [2.75, 3.05) is 44.2 Å². The number of likely N-dealkylation sites (tertiary alicyclic amines) is 1. The van der Waals surface area contributed by atoms with Crippen LogP contribution in [-0.2, 0) is 4.79 Å². The quantitative estimate of drug-likeness (QED) is 0.835. The number of aromatic amines is 1. The number of carbonyl (C=O) groups is 1. The molecule has 0 atom stereocenters. The van der Waals surface area contributed by atoms with Gasteiger partial charge in [-0.05, 0) is 38.8 Å². The van der Waals surface area contributed by atoms with Gasteiger partial charge < -0.3 is 15.1 Å². The maximum Gasteiger partial charge on any atom is 0.223 e. The molecule has 2 aromatic heterocycles. The standard InChI is InChI=1S/C18H27N7O/c26-18(19-6-11-24-7-2-1-3-8-24)14-4-9-25(10-5-14)17-15-12-22-23-16(15)20-13-21-17/h12-14H,1-11H2,(H,19,26)(H,20,21,22,23). The molecule has 0 aromatic carbocycles. The summed E-state index contributed by atoms with van der Waals surface area (Å²) in [7, 11) is 0. The van der Waals surface area contributed by atoms with Gasteiger partial charge in [-0.1, -0.05) is 6.42 Å². The maximum absolute atomic E-state index is 12.5. The number of H-pyrrole nitrogens is 1. The molecule has 0 bridgehead atoms. The Morgan fingerprint density at radius 2 is 1.96 bits per heavy atom. The van der Waals surface area contributed by atoms with Gasteiger partial charge in [-0.3, -0.25) is 9.89 Å². The smallest absolute Gasteiger partial charge is 0.223 e. The highest BCUT2D eigenvalue weighted by Crippen LogP contribution is 2.26. The minimum absolute atomic E-state index is 0.106. The Bertz CT molecular complexity index is 732. The van der Waals surface area contributed by atoms with Crippen molar-refractivity contribution in [3.8, 4) is 0 Å². The Kier molecular flexibility index (Phi) is 5.29. The molecule has 2 saturated heterocycles. The van der Waals surface area contributed by atoms with Crippen LogP contribution in [0, 0.1) is 5.92 Å². The first-order valence-electron chi connectivity index (χ1n) is 9.70. The monoisotopic (exact) mass is 357 g/mol. The Balaban J connectivity index is 1.25. The van der Waals surface area contributed by atoms with E-state index in [9.17, 15) is 4.79 Å². The van der Waals surface area contributed by atoms with Crippen molar-refractivity contribution in [2.24, 2.45) is 5.92 Å². The van der Waals surface area contributed by atoms with Gasteiger partial charge in [0, 0.05) is 32.1 Å². The third kappa shape index (κ3) is 3.80. The summed E-state index contributed by atoms with van der Waals surface area (Å²) in [4.78, 5) is 25.8. The van der Waals surface area contributed by atoms with Crippen molar-refractivity contribution in [1.82, 2.24) is 30.4 Å². The van der Waals surface area contributed by atoms with Crippen LogP contribution >= 0.6 is 0 Å². The van der Waals surface area contributed by atoms with Crippen molar-refractivity contribution in [1.29, 1.82) is 0 Å². The number of rotatable bonds is 5. The molecule has 4 heterocycles. The summed E-state index contributed by atoms with van der Waals surface area (Å²) in [5, 5.41) is 11.0. The molecule has 2 fully saturated rings. The number of hydrogen-bond acceptors (Lipinski definition) is 6. The van der Waals surface area contributed by atoms with Gasteiger partial charge >= 0.3 is 0 Å². The first-order valence-corrected chi connectivity index (χ1v) is 9.70. The summed E-state index contributed by atoms with van der Waals surface area (Å²) in [6.45, 7) is 5.76. The average molecular weight is 357 g/mol. The second-order valence-electron chi connectivity index (χ2n) is 7.28. The number of aromatic nitrogens is 4. The van der Waals surface area contributed by atoms with Crippen LogP contribution in [0.4, 0.5) is 5.82 Å². The fourth-order valence-electron chi connectivity index (χ4n) is 4.02. The second kappa shape index (κ2) is 7.99. The Morgan fingerprint density at radius 1 is 1.15 bits per heavy atom. The van der Waals surface area contributed by atoms with E-state index in [1.54, 1.807) is 12.5 Å². The molecule has 2 aliphatic rings. The Labute approximate surface area is 153 Å². The number of fused-ring (bicyclic) bond motifs is 1. The van der Waals surface area contributed by atoms with Gasteiger partial charge in [0.25, 0.3) is 0 Å². The van der Waals surface area contributed by atoms with E-state index in [4.69, 9.17) is 0 Å². The highest BCUT2D eigenvalue weighted by atomic mass is 16.1. The van der Waals surface area contributed by atoms with E-state index in [1.165, 1.54) is 32.4 Å². The van der Waals surface area contributed by atoms with Crippen LogP contribution in [0.15, 0.2) is 12.5 Å². The van der Waals surface area contributed by atoms with Crippen LogP contribution in [0.2, 0.25) is 0 Å². The van der Waals surface area contributed by atoms with E-state index in [2.05, 4.69) is 35.3 Å². The van der Waals surface area contributed by atoms with E-state index in [0.717, 1.165) is 55.9 Å². The molecule has 2 aliphatic heterocycles. The number of nitrogens with zero attached hydrogens (tertiary/aromatic N) is 5. The average Bonchev–Trinajstić information content (AvgIpc) is 3.18. The van der Waals surface area contributed by atoms with Gasteiger partial charge in [-0.2, -0.15) is 5.10 Å². The molecule has 0 aliphatic carbocycles. The molecule has 1 amide bonds. The zero-order valence-corrected chi connectivity index (χ0v) is 15.2. The van der Waals surface area contributed by atoms with Crippen LogP contribution in [0.3, 0.4) is 0 Å². The summed E-state index contributed by atoms with van der Waals surface area (Å²) in [5.74, 6) is 1.22. The molecule has 8 nitrogen and oxygen atoms in total. The molecule has 140 valence electrons. The molecule has 0 spiro atoms. The van der Waals surface area contributed by atoms with Gasteiger partial charge in [0.2, 0.25) is 5.91 Å². The van der Waals surface area contributed by atoms with E-state index in [-0.39, 0.29) is 11.8 Å². The molecular formula is C18H27N7O. The zero-order chi connectivity index (χ0) is 17.8. The summed E-state index contributed by atoms with van der Waals surface area (Å²) < 4.78 is 0. The number of anilines is 1. The predicted molar refractivity (Wildman–Crippen MR) is 99.9 cm³/mol. The first kappa shape index (κ1) is 17.2. The highest BCUT2D eigenvalue weighted by molar-refractivity contribution is 5.86. The lowest BCUT2D eigenvalue weighted by Gasteiger charge is -2.32. The van der Waals surface area contributed by atoms with Crippen molar-refractivity contribution in [3.05, 3.63) is 12.5 Å². The lowest BCUT2D eigenvalue weighted by atomic mass is 9.96. The van der Waals surface area contributed by atoms with Crippen molar-refractivity contribution >= 4 is 22.8 Å². The van der Waals surface area contributed by atoms with Gasteiger partial charge in [0.05, 0.1) is 11.6 Å². The van der Waals surface area contributed by atoms with E-state index in [1.807, 2.05) is 0 Å². The van der Waals surface area contributed by atoms with Gasteiger partial charge in [0.1, 0.15) is 12.1 Å². The number of piperidine rings is 2. The number of nitrogens with one attached hydrogen (secondary N) is 2. The first-order chi connectivity index (χ1) is 12.8. The lowest BCUT2D eigenvalue weighted by Crippen LogP contribution is -2.43. The van der Waals surface area contributed by atoms with E-state index in [0.29, 0.717) is 0 Å². The lowest BCUT2D eigenvalue weighted by molar-refractivity contribution is -0.125. The molecule has 4 rings (SSSR count). The molecule has 0 saturated carbocycles. The second-order valence-corrected chi connectivity index (χ2v) is 7.28. The number of carbonyl (C=O) groups excluding carboxylic acids is 1. The molecule has 0 unspecified atom stereocenters. The zero-order valence-electron chi connectivity index (χ0n) is 15.2. The molecule has 0 radical (unpaired) electrons. The number of hydrogen-bond donors (Lipinski definition) is 2. The van der Waals surface area contributed by atoms with Crippen LogP contribution in [0.1, 0.15) is 32.1 Å². The highest BCUT2D eigenvalue weighted by Gasteiger charge is 2.26. The van der Waals surface area contributed by atoms with Crippen LogP contribution in [0.5, 0.6) is 0 Å². The van der Waals surface area contributed by atoms with Crippen LogP contribution in [-0.4, -0.2) is 70.2 Å². The summed E-state index contributed by atoms with van der Waals surface area (Å²) in [6.07, 6.45) is 8.98. The molecular weight excluding hydrogens is 330 g/mol.